The molecule has 0 N–H and O–H groups in total. The van der Waals surface area contributed by atoms with E-state index in [1.807, 2.05) is 24.4 Å². The van der Waals surface area contributed by atoms with Gasteiger partial charge in [-0.1, -0.05) is 34.4 Å². The van der Waals surface area contributed by atoms with Gasteiger partial charge in [0.25, 0.3) is 0 Å². The number of carbonyl (C=O) groups excluding carboxylic acids is 1. The first-order chi connectivity index (χ1) is 18.1. The summed E-state index contributed by atoms with van der Waals surface area (Å²) in [7, 11) is 0. The fourth-order valence-corrected chi connectivity index (χ4v) is 6.69. The first-order valence-electron chi connectivity index (χ1n) is 12.8. The average Bonchev–Trinajstić information content (AvgIpc) is 3.20. The Morgan fingerprint density at radius 1 is 1.11 bits per heavy atom. The minimum atomic E-state index is 0.202. The summed E-state index contributed by atoms with van der Waals surface area (Å²) < 4.78 is 14.1. The van der Waals surface area contributed by atoms with E-state index in [0.717, 1.165) is 67.6 Å². The number of hydrogen-bond donors (Lipinski definition) is 0. The fraction of sp³-hybridized carbons (Fsp3) is 0.393. The SMILES string of the molecule is O=Cc1cnn2ccc(N3CC4CC(OCc5c(-c6c(Cl)cccc6Cl)noc5C5CC5)CC4C3)cc12. The minimum Gasteiger partial charge on any atom is -0.373 e. The van der Waals surface area contributed by atoms with Crippen molar-refractivity contribution < 1.29 is 14.1 Å². The van der Waals surface area contributed by atoms with Gasteiger partial charge < -0.3 is 14.2 Å². The number of fused-ring (bicyclic) bond motifs is 2. The molecule has 1 aliphatic heterocycles. The maximum Gasteiger partial charge on any atom is 0.153 e. The highest BCUT2D eigenvalue weighted by Crippen LogP contribution is 2.47. The first kappa shape index (κ1) is 23.3. The predicted octanol–water partition coefficient (Wildman–Crippen LogP) is 6.42. The number of aldehydes is 1. The zero-order chi connectivity index (χ0) is 25.1. The third-order valence-corrected chi connectivity index (χ3v) is 8.79. The van der Waals surface area contributed by atoms with Gasteiger partial charge in [-0.25, -0.2) is 4.52 Å². The van der Waals surface area contributed by atoms with E-state index in [9.17, 15) is 4.79 Å². The summed E-state index contributed by atoms with van der Waals surface area (Å²) in [4.78, 5) is 13.8. The molecule has 1 saturated heterocycles. The molecule has 3 fully saturated rings. The third kappa shape index (κ3) is 4.13. The highest BCUT2D eigenvalue weighted by atomic mass is 35.5. The second kappa shape index (κ2) is 9.15. The van der Waals surface area contributed by atoms with E-state index < -0.39 is 0 Å². The summed E-state index contributed by atoms with van der Waals surface area (Å²) >= 11 is 13.0. The van der Waals surface area contributed by atoms with E-state index in [4.69, 9.17) is 32.5 Å². The van der Waals surface area contributed by atoms with Crippen molar-refractivity contribution in [2.45, 2.75) is 44.3 Å². The summed E-state index contributed by atoms with van der Waals surface area (Å²) in [5.74, 6) is 2.49. The lowest BCUT2D eigenvalue weighted by Gasteiger charge is -2.21. The molecule has 2 atom stereocenters. The zero-order valence-corrected chi connectivity index (χ0v) is 21.7. The largest absolute Gasteiger partial charge is 0.373 e. The van der Waals surface area contributed by atoms with Gasteiger partial charge in [0.1, 0.15) is 11.5 Å². The summed E-state index contributed by atoms with van der Waals surface area (Å²) in [6.45, 7) is 2.44. The lowest BCUT2D eigenvalue weighted by atomic mass is 10.0. The van der Waals surface area contributed by atoms with Crippen molar-refractivity contribution in [3.63, 3.8) is 0 Å². The predicted molar refractivity (Wildman–Crippen MR) is 142 cm³/mol. The van der Waals surface area contributed by atoms with Crippen molar-refractivity contribution >= 4 is 40.7 Å². The second-order valence-electron chi connectivity index (χ2n) is 10.5. The van der Waals surface area contributed by atoms with E-state index in [0.29, 0.717) is 51.2 Å². The van der Waals surface area contributed by atoms with Gasteiger partial charge in [-0.2, -0.15) is 5.10 Å². The molecule has 3 aromatic heterocycles. The highest BCUT2D eigenvalue weighted by Gasteiger charge is 2.42. The van der Waals surface area contributed by atoms with E-state index in [1.54, 1.807) is 10.7 Å². The number of carbonyl (C=O) groups is 1. The number of rotatable bonds is 7. The summed E-state index contributed by atoms with van der Waals surface area (Å²) in [5, 5.41) is 9.76. The molecule has 9 heteroatoms. The lowest BCUT2D eigenvalue weighted by molar-refractivity contribution is 0.0403. The molecule has 4 heterocycles. The van der Waals surface area contributed by atoms with Crippen molar-refractivity contribution in [2.75, 3.05) is 18.0 Å². The van der Waals surface area contributed by atoms with E-state index in [-0.39, 0.29) is 6.10 Å². The standard InChI is InChI=1S/C28H26Cl2N4O3/c29-23-2-1-3-24(30)26(23)27-22(28(37-32-27)16-4-5-16)15-36-21-8-17-12-33(13-18(17)9-21)20-6-7-34-25(10-20)19(14-35)11-31-34/h1-3,6-7,10-11,14,16-18,21H,4-5,8-9,12-13,15H2. The number of pyridine rings is 1. The van der Waals surface area contributed by atoms with Gasteiger partial charge >= 0.3 is 0 Å². The smallest absolute Gasteiger partial charge is 0.153 e. The zero-order valence-electron chi connectivity index (χ0n) is 20.1. The van der Waals surface area contributed by atoms with Gasteiger partial charge in [-0.15, -0.1) is 0 Å². The van der Waals surface area contributed by atoms with Gasteiger partial charge in [0.15, 0.2) is 6.29 Å². The van der Waals surface area contributed by atoms with E-state index in [2.05, 4.69) is 27.3 Å². The van der Waals surface area contributed by atoms with Crippen LogP contribution in [0, 0.1) is 11.8 Å². The Kier molecular flexibility index (Phi) is 5.75. The molecule has 2 unspecified atom stereocenters. The number of halogens is 2. The number of anilines is 1. The Bertz CT molecular complexity index is 1460. The van der Waals surface area contributed by atoms with Crippen LogP contribution in [-0.2, 0) is 11.3 Å². The molecular weight excluding hydrogens is 511 g/mol. The molecule has 0 radical (unpaired) electrons. The fourth-order valence-electron chi connectivity index (χ4n) is 6.12. The first-order valence-corrected chi connectivity index (χ1v) is 13.6. The van der Waals surface area contributed by atoms with Crippen molar-refractivity contribution in [1.82, 2.24) is 14.8 Å². The Labute approximate surface area is 224 Å². The maximum absolute atomic E-state index is 11.3. The van der Waals surface area contributed by atoms with Gasteiger partial charge in [0.05, 0.1) is 40.0 Å². The maximum atomic E-state index is 11.3. The van der Waals surface area contributed by atoms with Crippen LogP contribution < -0.4 is 4.90 Å². The molecule has 2 aliphatic carbocycles. The van der Waals surface area contributed by atoms with Crippen LogP contribution >= 0.6 is 23.2 Å². The lowest BCUT2D eigenvalue weighted by Crippen LogP contribution is -2.23. The second-order valence-corrected chi connectivity index (χ2v) is 11.3. The minimum absolute atomic E-state index is 0.202. The van der Waals surface area contributed by atoms with E-state index >= 15 is 0 Å². The van der Waals surface area contributed by atoms with Crippen LogP contribution in [-0.4, -0.2) is 40.3 Å². The van der Waals surface area contributed by atoms with Crippen LogP contribution in [0.5, 0.6) is 0 Å². The molecule has 1 aromatic carbocycles. The monoisotopic (exact) mass is 536 g/mol. The quantitative estimate of drug-likeness (QED) is 0.254. The summed E-state index contributed by atoms with van der Waals surface area (Å²) in [5.41, 5.74) is 5.00. The number of aromatic nitrogens is 3. The van der Waals surface area contributed by atoms with Gasteiger partial charge in [-0.05, 0) is 61.8 Å². The molecule has 190 valence electrons. The highest BCUT2D eigenvalue weighted by molar-refractivity contribution is 6.39. The van der Waals surface area contributed by atoms with Crippen molar-refractivity contribution in [3.8, 4) is 11.3 Å². The number of hydrogen-bond acceptors (Lipinski definition) is 6. The molecular formula is C28H26Cl2N4O3. The van der Waals surface area contributed by atoms with Crippen LogP contribution in [0.25, 0.3) is 16.8 Å². The van der Waals surface area contributed by atoms with Crippen LogP contribution in [0.2, 0.25) is 10.0 Å². The molecule has 0 amide bonds. The molecule has 0 spiro atoms. The third-order valence-electron chi connectivity index (χ3n) is 8.16. The van der Waals surface area contributed by atoms with Crippen LogP contribution in [0.1, 0.15) is 53.3 Å². The van der Waals surface area contributed by atoms with Gasteiger partial charge in [0, 0.05) is 42.0 Å². The van der Waals surface area contributed by atoms with Crippen LogP contribution in [0.3, 0.4) is 0 Å². The Hall–Kier alpha value is -2.87. The molecule has 3 aliphatic rings. The topological polar surface area (TPSA) is 72.9 Å². The number of ether oxygens (including phenoxy) is 1. The molecule has 7 nitrogen and oxygen atoms in total. The normalized spacial score (nSPS) is 23.2. The number of nitrogens with zero attached hydrogens (tertiary/aromatic N) is 4. The Morgan fingerprint density at radius 3 is 2.57 bits per heavy atom. The van der Waals surface area contributed by atoms with Gasteiger partial charge in [-0.3, -0.25) is 4.79 Å². The van der Waals surface area contributed by atoms with Crippen molar-refractivity contribution in [1.29, 1.82) is 0 Å². The van der Waals surface area contributed by atoms with Crippen molar-refractivity contribution in [2.24, 2.45) is 11.8 Å². The Balaban J connectivity index is 1.05. The van der Waals surface area contributed by atoms with Crippen LogP contribution in [0.4, 0.5) is 5.69 Å². The van der Waals surface area contributed by atoms with Gasteiger partial charge in [0.2, 0.25) is 0 Å². The molecule has 7 rings (SSSR count). The van der Waals surface area contributed by atoms with Crippen LogP contribution in [0.15, 0.2) is 47.2 Å². The average molecular weight is 537 g/mol. The molecule has 0 bridgehead atoms. The van der Waals surface area contributed by atoms with E-state index in [1.165, 1.54) is 0 Å². The molecule has 4 aromatic rings. The summed E-state index contributed by atoms with van der Waals surface area (Å²) in [6.07, 6.45) is 8.89. The molecule has 37 heavy (non-hydrogen) atoms. The molecule has 2 saturated carbocycles. The number of benzene rings is 1. The van der Waals surface area contributed by atoms with Crippen molar-refractivity contribution in [3.05, 3.63) is 69.7 Å². The summed E-state index contributed by atoms with van der Waals surface area (Å²) in [6, 6.07) is 9.64. The Morgan fingerprint density at radius 2 is 1.86 bits per heavy atom.